The van der Waals surface area contributed by atoms with E-state index in [2.05, 4.69) is 196 Å². The second-order valence-corrected chi connectivity index (χ2v) is 18.9. The molecule has 10 aromatic carbocycles. The minimum absolute atomic E-state index is 0.0576. The molecule has 0 saturated heterocycles. The maximum absolute atomic E-state index is 2.47. The quantitative estimate of drug-likeness (QED) is 0.157. The zero-order chi connectivity index (χ0) is 39.0. The van der Waals surface area contributed by atoms with Gasteiger partial charge in [0.1, 0.15) is 0 Å². The third kappa shape index (κ3) is 4.76. The molecule has 1 aliphatic carbocycles. The molecule has 0 unspecified atom stereocenters. The lowest BCUT2D eigenvalue weighted by Gasteiger charge is -2.23. The molecule has 0 spiro atoms. The van der Waals surface area contributed by atoms with Crippen molar-refractivity contribution in [2.24, 2.45) is 0 Å². The van der Waals surface area contributed by atoms with Crippen molar-refractivity contribution < 1.29 is 0 Å². The van der Waals surface area contributed by atoms with Crippen molar-refractivity contribution in [2.45, 2.75) is 19.3 Å². The van der Waals surface area contributed by atoms with E-state index in [1.54, 1.807) is 0 Å². The normalized spacial score (nSPS) is 13.4. The largest absolute Gasteiger partial charge is 0.135 e. The van der Waals surface area contributed by atoms with Gasteiger partial charge in [-0.05, 0) is 124 Å². The van der Waals surface area contributed by atoms with Gasteiger partial charge in [-0.15, -0.1) is 22.7 Å². The van der Waals surface area contributed by atoms with Crippen LogP contribution >= 0.6 is 22.7 Å². The van der Waals surface area contributed by atoms with Crippen LogP contribution in [0.15, 0.2) is 182 Å². The number of hydrogen-bond acceptors (Lipinski definition) is 2. The molecule has 2 heterocycles. The van der Waals surface area contributed by atoms with Crippen molar-refractivity contribution in [3.8, 4) is 44.5 Å². The van der Waals surface area contributed by atoms with Crippen molar-refractivity contribution in [3.63, 3.8) is 0 Å². The molecule has 2 heteroatoms. The fourth-order valence-electron chi connectivity index (χ4n) is 10.4. The van der Waals surface area contributed by atoms with E-state index in [0.29, 0.717) is 0 Å². The molecule has 59 heavy (non-hydrogen) atoms. The SMILES string of the molecule is CC1(C)c2ccccc2-c2ccc(-c3c4ccccc4c(-c4ccc(-c5ccc6cc7c(cc6c5)sc5c7ccc6sc7ccccc7c65)cc4)c4ccccc34)cc21. The summed E-state index contributed by atoms with van der Waals surface area (Å²) < 4.78 is 5.47. The first-order valence-corrected chi connectivity index (χ1v) is 22.1. The lowest BCUT2D eigenvalue weighted by Crippen LogP contribution is -2.14. The molecule has 0 fully saturated rings. The Morgan fingerprint density at radius 1 is 0.339 bits per heavy atom. The van der Waals surface area contributed by atoms with Crippen LogP contribution in [0.2, 0.25) is 0 Å². The summed E-state index contributed by atoms with van der Waals surface area (Å²) in [5, 5.41) is 13.2. The van der Waals surface area contributed by atoms with E-state index >= 15 is 0 Å². The number of thiophene rings is 2. The van der Waals surface area contributed by atoms with Crippen molar-refractivity contribution in [1.82, 2.24) is 0 Å². The highest BCUT2D eigenvalue weighted by Crippen LogP contribution is 2.52. The summed E-state index contributed by atoms with van der Waals surface area (Å²) in [7, 11) is 0. The topological polar surface area (TPSA) is 0 Å². The number of fused-ring (bicyclic) bond motifs is 13. The summed E-state index contributed by atoms with van der Waals surface area (Å²) in [6.07, 6.45) is 0. The highest BCUT2D eigenvalue weighted by Gasteiger charge is 2.35. The highest BCUT2D eigenvalue weighted by atomic mass is 32.1. The van der Waals surface area contributed by atoms with Crippen LogP contribution in [-0.4, -0.2) is 0 Å². The Labute approximate surface area is 350 Å². The zero-order valence-corrected chi connectivity index (χ0v) is 34.3. The van der Waals surface area contributed by atoms with Crippen molar-refractivity contribution in [3.05, 3.63) is 193 Å². The van der Waals surface area contributed by atoms with Crippen LogP contribution in [0.1, 0.15) is 25.0 Å². The van der Waals surface area contributed by atoms with E-state index in [4.69, 9.17) is 0 Å². The molecule has 0 amide bonds. The van der Waals surface area contributed by atoms with E-state index in [-0.39, 0.29) is 5.41 Å². The van der Waals surface area contributed by atoms with Crippen LogP contribution in [0, 0.1) is 0 Å². The Balaban J connectivity index is 0.918. The molecular weight excluding hydrogens is 749 g/mol. The maximum atomic E-state index is 2.47. The maximum Gasteiger partial charge on any atom is 0.0448 e. The average Bonchev–Trinajstić information content (AvgIpc) is 3.91. The van der Waals surface area contributed by atoms with Gasteiger partial charge in [0.25, 0.3) is 0 Å². The van der Waals surface area contributed by atoms with Crippen LogP contribution in [0.25, 0.3) is 117 Å². The molecule has 2 aromatic heterocycles. The van der Waals surface area contributed by atoms with Gasteiger partial charge in [-0.3, -0.25) is 0 Å². The summed E-state index contributed by atoms with van der Waals surface area (Å²) in [6.45, 7) is 4.74. The molecule has 0 atom stereocenters. The molecular formula is C57H36S2. The van der Waals surface area contributed by atoms with E-state index in [0.717, 1.165) is 0 Å². The molecule has 13 rings (SSSR count). The standard InChI is InChI=1S/C57H36S2/c1-57(2)48-17-9-7-11-39(48)40-26-25-37(31-49(40)57)54-43-14-5-3-12-41(43)53(42-13-4-6-15-44(42)54)34-21-19-33(20-22-34)35-23-24-36-30-47-45-27-28-51-55(46-16-8-10-18-50(46)58-51)56(45)59-52(47)32-38(36)29-35/h3-32H,1-2H3. The molecule has 0 saturated carbocycles. The number of rotatable bonds is 3. The van der Waals surface area contributed by atoms with Gasteiger partial charge in [-0.25, -0.2) is 0 Å². The van der Waals surface area contributed by atoms with Gasteiger partial charge in [0, 0.05) is 45.8 Å². The van der Waals surface area contributed by atoms with Crippen molar-refractivity contribution in [2.75, 3.05) is 0 Å². The van der Waals surface area contributed by atoms with Gasteiger partial charge >= 0.3 is 0 Å². The summed E-state index contributed by atoms with van der Waals surface area (Å²) in [5.74, 6) is 0. The first-order chi connectivity index (χ1) is 29.0. The van der Waals surface area contributed by atoms with Gasteiger partial charge in [0.05, 0.1) is 0 Å². The summed E-state index contributed by atoms with van der Waals surface area (Å²) in [6, 6.07) is 68.7. The molecule has 0 nitrogen and oxygen atoms in total. The number of hydrogen-bond donors (Lipinski definition) is 0. The molecule has 0 aliphatic heterocycles. The predicted octanol–water partition coefficient (Wildman–Crippen LogP) is 17.2. The van der Waals surface area contributed by atoms with E-state index < -0.39 is 0 Å². The van der Waals surface area contributed by atoms with Crippen LogP contribution in [0.4, 0.5) is 0 Å². The fourth-order valence-corrected chi connectivity index (χ4v) is 12.9. The number of benzene rings is 10. The molecule has 276 valence electrons. The zero-order valence-electron chi connectivity index (χ0n) is 32.6. The van der Waals surface area contributed by atoms with Gasteiger partial charge in [-0.1, -0.05) is 159 Å². The minimum Gasteiger partial charge on any atom is -0.135 e. The Morgan fingerprint density at radius 2 is 0.949 bits per heavy atom. The van der Waals surface area contributed by atoms with Gasteiger partial charge in [0.2, 0.25) is 0 Å². The van der Waals surface area contributed by atoms with Crippen LogP contribution in [-0.2, 0) is 5.41 Å². The second kappa shape index (κ2) is 12.2. The van der Waals surface area contributed by atoms with E-state index in [1.165, 1.54) is 128 Å². The van der Waals surface area contributed by atoms with E-state index in [1.807, 2.05) is 22.7 Å². The van der Waals surface area contributed by atoms with Crippen LogP contribution in [0.3, 0.4) is 0 Å². The molecule has 1 aliphatic rings. The minimum atomic E-state index is -0.0576. The summed E-state index contributed by atoms with van der Waals surface area (Å²) in [4.78, 5) is 0. The Morgan fingerprint density at radius 3 is 1.71 bits per heavy atom. The predicted molar refractivity (Wildman–Crippen MR) is 259 cm³/mol. The summed E-state index contributed by atoms with van der Waals surface area (Å²) >= 11 is 3.83. The van der Waals surface area contributed by atoms with E-state index in [9.17, 15) is 0 Å². The summed E-state index contributed by atoms with van der Waals surface area (Å²) in [5.41, 5.74) is 13.0. The molecule has 0 N–H and O–H groups in total. The van der Waals surface area contributed by atoms with Crippen LogP contribution < -0.4 is 0 Å². The lowest BCUT2D eigenvalue weighted by molar-refractivity contribution is 0.660. The third-order valence-corrected chi connectivity index (χ3v) is 15.6. The Hall–Kier alpha value is -6.58. The first-order valence-electron chi connectivity index (χ1n) is 20.5. The van der Waals surface area contributed by atoms with Crippen LogP contribution in [0.5, 0.6) is 0 Å². The van der Waals surface area contributed by atoms with Gasteiger partial charge in [-0.2, -0.15) is 0 Å². The molecule has 0 radical (unpaired) electrons. The second-order valence-electron chi connectivity index (χ2n) is 16.8. The molecule has 0 bridgehead atoms. The smallest absolute Gasteiger partial charge is 0.0448 e. The molecule has 12 aromatic rings. The Kier molecular flexibility index (Phi) is 6.92. The average molecular weight is 785 g/mol. The lowest BCUT2D eigenvalue weighted by atomic mass is 9.80. The Bertz CT molecular complexity index is 3690. The third-order valence-electron chi connectivity index (χ3n) is 13.2. The van der Waals surface area contributed by atoms with Gasteiger partial charge in [0.15, 0.2) is 0 Å². The first kappa shape index (κ1) is 33.4. The van der Waals surface area contributed by atoms with Crippen molar-refractivity contribution >= 4 is 95.3 Å². The monoisotopic (exact) mass is 784 g/mol. The van der Waals surface area contributed by atoms with Crippen molar-refractivity contribution in [1.29, 1.82) is 0 Å². The fraction of sp³-hybridized carbons (Fsp3) is 0.0526. The van der Waals surface area contributed by atoms with Gasteiger partial charge < -0.3 is 0 Å². The highest BCUT2D eigenvalue weighted by molar-refractivity contribution is 7.29.